The molecule has 0 radical (unpaired) electrons. The smallest absolute Gasteiger partial charge is 0.224 e. The van der Waals surface area contributed by atoms with Gasteiger partial charge < -0.3 is 10.2 Å². The molecule has 0 bridgehead atoms. The minimum Gasteiger partial charge on any atom is -0.349 e. The van der Waals surface area contributed by atoms with Crippen LogP contribution in [0.4, 0.5) is 0 Å². The van der Waals surface area contributed by atoms with Crippen molar-refractivity contribution in [3.05, 3.63) is 35.9 Å². The molecule has 1 aromatic carbocycles. The first-order valence-corrected chi connectivity index (χ1v) is 7.68. The Balaban J connectivity index is 2.80. The number of benzene rings is 1. The minimum absolute atomic E-state index is 0.0984. The Kier molecular flexibility index (Phi) is 7.51. The molecule has 0 saturated heterocycles. The lowest BCUT2D eigenvalue weighted by atomic mass is 10.0. The third-order valence-corrected chi connectivity index (χ3v) is 3.30. The molecule has 4 nitrogen and oxygen atoms in total. The van der Waals surface area contributed by atoms with E-state index in [9.17, 15) is 9.59 Å². The average molecular weight is 290 g/mol. The normalized spacial score (nSPS) is 11.8. The van der Waals surface area contributed by atoms with E-state index in [1.165, 1.54) is 6.92 Å². The molecule has 1 N–H and O–H groups in total. The summed E-state index contributed by atoms with van der Waals surface area (Å²) in [5.41, 5.74) is 0.967. The largest absolute Gasteiger partial charge is 0.349 e. The van der Waals surface area contributed by atoms with Gasteiger partial charge in [-0.1, -0.05) is 44.2 Å². The van der Waals surface area contributed by atoms with Gasteiger partial charge in [-0.05, 0) is 18.4 Å². The molecule has 0 saturated carbocycles. The summed E-state index contributed by atoms with van der Waals surface area (Å²) in [6.45, 7) is 7.16. The van der Waals surface area contributed by atoms with Gasteiger partial charge >= 0.3 is 0 Å². The standard InChI is InChI=1S/C17H26N2O2/c1-4-11-19(12-5-2)17(21)13-16(18-14(3)20)15-9-7-6-8-10-15/h6-10,16H,4-5,11-13H2,1-3H3,(H,18,20). The van der Waals surface area contributed by atoms with Crippen molar-refractivity contribution < 1.29 is 9.59 Å². The number of nitrogens with one attached hydrogen (secondary N) is 1. The lowest BCUT2D eigenvalue weighted by Gasteiger charge is -2.25. The van der Waals surface area contributed by atoms with Crippen molar-refractivity contribution in [2.75, 3.05) is 13.1 Å². The van der Waals surface area contributed by atoms with E-state index in [-0.39, 0.29) is 17.9 Å². The van der Waals surface area contributed by atoms with E-state index in [1.54, 1.807) is 0 Å². The molecule has 2 amide bonds. The molecule has 116 valence electrons. The molecule has 0 aromatic heterocycles. The summed E-state index contributed by atoms with van der Waals surface area (Å²) in [6.07, 6.45) is 2.20. The van der Waals surface area contributed by atoms with Crippen LogP contribution in [0.25, 0.3) is 0 Å². The van der Waals surface area contributed by atoms with Gasteiger partial charge in [-0.15, -0.1) is 0 Å². The van der Waals surface area contributed by atoms with Gasteiger partial charge in [0, 0.05) is 20.0 Å². The average Bonchev–Trinajstić information content (AvgIpc) is 2.46. The van der Waals surface area contributed by atoms with Crippen molar-refractivity contribution in [2.24, 2.45) is 0 Å². The van der Waals surface area contributed by atoms with Gasteiger partial charge in [0.05, 0.1) is 12.5 Å². The molecule has 1 aromatic rings. The maximum atomic E-state index is 12.5. The number of nitrogens with zero attached hydrogens (tertiary/aromatic N) is 1. The summed E-state index contributed by atoms with van der Waals surface area (Å²) in [4.78, 5) is 25.7. The first-order valence-electron chi connectivity index (χ1n) is 7.68. The van der Waals surface area contributed by atoms with E-state index < -0.39 is 0 Å². The SMILES string of the molecule is CCCN(CCC)C(=O)CC(NC(C)=O)c1ccccc1. The molecule has 1 unspecified atom stereocenters. The number of rotatable bonds is 8. The summed E-state index contributed by atoms with van der Waals surface area (Å²) in [6, 6.07) is 9.40. The van der Waals surface area contributed by atoms with Crippen molar-refractivity contribution in [3.63, 3.8) is 0 Å². The number of carbonyl (C=O) groups is 2. The highest BCUT2D eigenvalue weighted by molar-refractivity contribution is 5.79. The monoisotopic (exact) mass is 290 g/mol. The second-order valence-electron chi connectivity index (χ2n) is 5.25. The Labute approximate surface area is 127 Å². The zero-order chi connectivity index (χ0) is 15.7. The van der Waals surface area contributed by atoms with Gasteiger partial charge in [0.25, 0.3) is 0 Å². The summed E-state index contributed by atoms with van der Waals surface area (Å²) >= 11 is 0. The molecular formula is C17H26N2O2. The minimum atomic E-state index is -0.257. The third-order valence-electron chi connectivity index (χ3n) is 3.30. The van der Waals surface area contributed by atoms with Crippen LogP contribution in [-0.4, -0.2) is 29.8 Å². The lowest BCUT2D eigenvalue weighted by molar-refractivity contribution is -0.132. The zero-order valence-corrected chi connectivity index (χ0v) is 13.3. The van der Waals surface area contributed by atoms with Crippen molar-refractivity contribution in [1.82, 2.24) is 10.2 Å². The maximum Gasteiger partial charge on any atom is 0.224 e. The van der Waals surface area contributed by atoms with Crippen LogP contribution >= 0.6 is 0 Å². The lowest BCUT2D eigenvalue weighted by Crippen LogP contribution is -2.36. The highest BCUT2D eigenvalue weighted by Gasteiger charge is 2.20. The molecule has 0 heterocycles. The first-order chi connectivity index (χ1) is 10.1. The van der Waals surface area contributed by atoms with Crippen LogP contribution in [0.1, 0.15) is 51.6 Å². The number of hydrogen-bond acceptors (Lipinski definition) is 2. The van der Waals surface area contributed by atoms with Crippen molar-refractivity contribution in [1.29, 1.82) is 0 Å². The van der Waals surface area contributed by atoms with Crippen LogP contribution in [0.2, 0.25) is 0 Å². The number of amides is 2. The molecule has 0 aliphatic heterocycles. The Morgan fingerprint density at radius 2 is 1.67 bits per heavy atom. The van der Waals surface area contributed by atoms with Gasteiger partial charge in [0.15, 0.2) is 0 Å². The van der Waals surface area contributed by atoms with Crippen LogP contribution in [0.5, 0.6) is 0 Å². The third kappa shape index (κ3) is 5.98. The summed E-state index contributed by atoms with van der Waals surface area (Å²) < 4.78 is 0. The van der Waals surface area contributed by atoms with Crippen LogP contribution in [0.3, 0.4) is 0 Å². The first kappa shape index (κ1) is 17.2. The Morgan fingerprint density at radius 1 is 1.10 bits per heavy atom. The fourth-order valence-corrected chi connectivity index (χ4v) is 2.39. The molecule has 0 fully saturated rings. The van der Waals surface area contributed by atoms with Crippen molar-refractivity contribution in [2.45, 2.75) is 46.1 Å². The highest BCUT2D eigenvalue weighted by Crippen LogP contribution is 2.18. The van der Waals surface area contributed by atoms with Crippen LogP contribution in [-0.2, 0) is 9.59 Å². The predicted molar refractivity (Wildman–Crippen MR) is 84.8 cm³/mol. The van der Waals surface area contributed by atoms with E-state index in [0.717, 1.165) is 31.5 Å². The van der Waals surface area contributed by atoms with Crippen molar-refractivity contribution >= 4 is 11.8 Å². The second kappa shape index (κ2) is 9.16. The fourth-order valence-electron chi connectivity index (χ4n) is 2.39. The van der Waals surface area contributed by atoms with Crippen LogP contribution in [0.15, 0.2) is 30.3 Å². The Morgan fingerprint density at radius 3 is 2.14 bits per heavy atom. The molecule has 0 spiro atoms. The maximum absolute atomic E-state index is 12.5. The number of hydrogen-bond donors (Lipinski definition) is 1. The van der Waals surface area contributed by atoms with Crippen LogP contribution in [0, 0.1) is 0 Å². The topological polar surface area (TPSA) is 49.4 Å². The molecule has 1 atom stereocenters. The van der Waals surface area contributed by atoms with E-state index in [2.05, 4.69) is 19.2 Å². The van der Waals surface area contributed by atoms with Gasteiger partial charge in [-0.2, -0.15) is 0 Å². The quantitative estimate of drug-likeness (QED) is 0.800. The van der Waals surface area contributed by atoms with Crippen LogP contribution < -0.4 is 5.32 Å². The highest BCUT2D eigenvalue weighted by atomic mass is 16.2. The summed E-state index contributed by atoms with van der Waals surface area (Å²) in [5.74, 6) is -0.0181. The number of carbonyl (C=O) groups excluding carboxylic acids is 2. The van der Waals surface area contributed by atoms with E-state index in [0.29, 0.717) is 6.42 Å². The van der Waals surface area contributed by atoms with Gasteiger partial charge in [-0.25, -0.2) is 0 Å². The molecular weight excluding hydrogens is 264 g/mol. The summed E-state index contributed by atoms with van der Waals surface area (Å²) in [5, 5.41) is 2.88. The Hall–Kier alpha value is -1.84. The van der Waals surface area contributed by atoms with E-state index >= 15 is 0 Å². The molecule has 0 aliphatic carbocycles. The molecule has 21 heavy (non-hydrogen) atoms. The summed E-state index contributed by atoms with van der Waals surface area (Å²) in [7, 11) is 0. The second-order valence-corrected chi connectivity index (χ2v) is 5.25. The molecule has 0 aliphatic rings. The molecule has 4 heteroatoms. The Bertz CT molecular complexity index is 439. The van der Waals surface area contributed by atoms with E-state index in [4.69, 9.17) is 0 Å². The van der Waals surface area contributed by atoms with Gasteiger partial charge in [-0.3, -0.25) is 9.59 Å². The predicted octanol–water partition coefficient (Wildman–Crippen LogP) is 2.90. The molecule has 1 rings (SSSR count). The van der Waals surface area contributed by atoms with Gasteiger partial charge in [0.2, 0.25) is 11.8 Å². The van der Waals surface area contributed by atoms with Gasteiger partial charge in [0.1, 0.15) is 0 Å². The van der Waals surface area contributed by atoms with E-state index in [1.807, 2.05) is 35.2 Å². The van der Waals surface area contributed by atoms with Crippen molar-refractivity contribution in [3.8, 4) is 0 Å². The fraction of sp³-hybridized carbons (Fsp3) is 0.529. The zero-order valence-electron chi connectivity index (χ0n) is 13.3.